The standard InChI is InChI=1S/C6H5NOS/c8-9-4-2-5-6(9)1-3-7-5/h1-4,7H. The first kappa shape index (κ1) is 5.02. The fraction of sp³-hybridized carbons (Fsp3) is 0. The number of aromatic amines is 1. The maximum Gasteiger partial charge on any atom is 0.197 e. The first-order valence-electron chi connectivity index (χ1n) is 2.64. The number of hydrogen-bond acceptors (Lipinski definition) is 1. The summed E-state index contributed by atoms with van der Waals surface area (Å²) in [4.78, 5) is 2.97. The number of thiophene rings is 1. The maximum atomic E-state index is 10.9. The summed E-state index contributed by atoms with van der Waals surface area (Å²) in [7, 11) is -0.878. The number of rotatable bonds is 0. The molecule has 2 rings (SSSR count). The van der Waals surface area contributed by atoms with Gasteiger partial charge in [0.25, 0.3) is 0 Å². The van der Waals surface area contributed by atoms with E-state index in [4.69, 9.17) is 0 Å². The van der Waals surface area contributed by atoms with E-state index in [-0.39, 0.29) is 0 Å². The molecule has 0 amide bonds. The Balaban J connectivity index is 2.99. The number of fused-ring (bicyclic) bond motifs is 1. The number of nitrogens with one attached hydrogen (secondary N) is 1. The van der Waals surface area contributed by atoms with Gasteiger partial charge < -0.3 is 9.54 Å². The van der Waals surface area contributed by atoms with Crippen molar-refractivity contribution in [2.24, 2.45) is 0 Å². The smallest absolute Gasteiger partial charge is 0.197 e. The molecule has 2 nitrogen and oxygen atoms in total. The molecule has 2 heterocycles. The molecule has 0 aliphatic carbocycles. The highest BCUT2D eigenvalue weighted by Crippen LogP contribution is 2.26. The summed E-state index contributed by atoms with van der Waals surface area (Å²) >= 11 is 0. The van der Waals surface area contributed by atoms with Crippen molar-refractivity contribution in [3.05, 3.63) is 23.7 Å². The van der Waals surface area contributed by atoms with Crippen LogP contribution in [0.1, 0.15) is 0 Å². The minimum atomic E-state index is -0.878. The van der Waals surface area contributed by atoms with Crippen LogP contribution in [-0.2, 0) is 0 Å². The second-order valence-corrected chi connectivity index (χ2v) is 3.16. The van der Waals surface area contributed by atoms with Crippen LogP contribution in [0.5, 0.6) is 0 Å². The molecule has 3 heteroatoms. The van der Waals surface area contributed by atoms with E-state index in [0.29, 0.717) is 0 Å². The summed E-state index contributed by atoms with van der Waals surface area (Å²) in [6, 6.07) is 3.68. The van der Waals surface area contributed by atoms with Crippen LogP contribution in [0.4, 0.5) is 0 Å². The number of H-pyrrole nitrogens is 1. The topological polar surface area (TPSA) is 38.8 Å². The lowest BCUT2D eigenvalue weighted by atomic mass is 10.5. The Hall–Kier alpha value is -0.800. The molecule has 2 aromatic rings. The minimum absolute atomic E-state index is 0.878. The van der Waals surface area contributed by atoms with Crippen molar-refractivity contribution >= 4 is 21.0 Å². The highest BCUT2D eigenvalue weighted by molar-refractivity contribution is 7.30. The van der Waals surface area contributed by atoms with Crippen LogP contribution in [0.3, 0.4) is 0 Å². The van der Waals surface area contributed by atoms with Gasteiger partial charge in [0.2, 0.25) is 0 Å². The zero-order valence-electron chi connectivity index (χ0n) is 4.63. The third kappa shape index (κ3) is 0.588. The third-order valence-electron chi connectivity index (χ3n) is 1.31. The van der Waals surface area contributed by atoms with Crippen molar-refractivity contribution in [2.45, 2.75) is 0 Å². The fourth-order valence-corrected chi connectivity index (χ4v) is 1.83. The highest BCUT2D eigenvalue weighted by Gasteiger charge is 2.02. The highest BCUT2D eigenvalue weighted by atomic mass is 32.2. The molecule has 9 heavy (non-hydrogen) atoms. The SMILES string of the molecule is [O-][s+]1ccc2[nH]ccc21. The maximum absolute atomic E-state index is 10.9. The van der Waals surface area contributed by atoms with E-state index in [9.17, 15) is 4.55 Å². The van der Waals surface area contributed by atoms with Gasteiger partial charge in [-0.25, -0.2) is 0 Å². The van der Waals surface area contributed by atoms with Crippen LogP contribution in [0.2, 0.25) is 0 Å². The van der Waals surface area contributed by atoms with E-state index >= 15 is 0 Å². The lowest BCUT2D eigenvalue weighted by Crippen LogP contribution is -1.50. The van der Waals surface area contributed by atoms with Crippen LogP contribution in [-0.4, -0.2) is 9.54 Å². The molecule has 0 bridgehead atoms. The van der Waals surface area contributed by atoms with Crippen LogP contribution >= 0.6 is 10.8 Å². The second kappa shape index (κ2) is 1.59. The first-order chi connectivity index (χ1) is 4.38. The third-order valence-corrected chi connectivity index (χ3v) is 2.49. The van der Waals surface area contributed by atoms with Gasteiger partial charge in [-0.3, -0.25) is 0 Å². The molecule has 1 atom stereocenters. The molecule has 0 aliphatic heterocycles. The monoisotopic (exact) mass is 139 g/mol. The zero-order chi connectivity index (χ0) is 6.27. The molecule has 0 saturated carbocycles. The second-order valence-electron chi connectivity index (χ2n) is 1.86. The van der Waals surface area contributed by atoms with Gasteiger partial charge in [0.1, 0.15) is 10.9 Å². The molecule has 0 aromatic carbocycles. The molecule has 0 spiro atoms. The average Bonchev–Trinajstić information content (AvgIpc) is 2.35. The summed E-state index contributed by atoms with van der Waals surface area (Å²) in [6.45, 7) is 0. The molecule has 0 aliphatic rings. The summed E-state index contributed by atoms with van der Waals surface area (Å²) in [5.41, 5.74) is 0.980. The number of hydrogen-bond donors (Lipinski definition) is 1. The largest absolute Gasteiger partial charge is 0.590 e. The molecule has 1 unspecified atom stereocenters. The van der Waals surface area contributed by atoms with E-state index in [1.807, 2.05) is 12.1 Å². The van der Waals surface area contributed by atoms with Gasteiger partial charge in [-0.2, -0.15) is 0 Å². The molecule has 0 fully saturated rings. The summed E-state index contributed by atoms with van der Waals surface area (Å²) in [6.07, 6.45) is 1.80. The van der Waals surface area contributed by atoms with E-state index in [1.165, 1.54) is 0 Å². The Morgan fingerprint density at radius 2 is 2.33 bits per heavy atom. The Kier molecular flexibility index (Phi) is 0.886. The lowest BCUT2D eigenvalue weighted by Gasteiger charge is -1.80. The normalized spacial score (nSPS) is 12.8. The molecule has 0 saturated heterocycles. The quantitative estimate of drug-likeness (QED) is 0.556. The molecule has 0 radical (unpaired) electrons. The van der Waals surface area contributed by atoms with Gasteiger partial charge in [0, 0.05) is 18.3 Å². The van der Waals surface area contributed by atoms with Crippen LogP contribution in [0, 0.1) is 0 Å². The Bertz CT molecular complexity index is 322. The van der Waals surface area contributed by atoms with E-state index in [2.05, 4.69) is 4.98 Å². The first-order valence-corrected chi connectivity index (χ1v) is 3.85. The van der Waals surface area contributed by atoms with Crippen LogP contribution < -0.4 is 0 Å². The van der Waals surface area contributed by atoms with E-state index < -0.39 is 10.8 Å². The number of aromatic nitrogens is 1. The van der Waals surface area contributed by atoms with Crippen molar-refractivity contribution in [1.29, 1.82) is 0 Å². The fourth-order valence-electron chi connectivity index (χ4n) is 0.877. The summed E-state index contributed by atoms with van der Waals surface area (Å²) in [5.74, 6) is 0. The predicted octanol–water partition coefficient (Wildman–Crippen LogP) is 1.90. The molecule has 46 valence electrons. The van der Waals surface area contributed by atoms with Gasteiger partial charge in [-0.15, -0.1) is 0 Å². The van der Waals surface area contributed by atoms with Crippen LogP contribution in [0.25, 0.3) is 10.2 Å². The minimum Gasteiger partial charge on any atom is -0.590 e. The van der Waals surface area contributed by atoms with E-state index in [0.717, 1.165) is 10.2 Å². The van der Waals surface area contributed by atoms with Crippen molar-refractivity contribution in [3.63, 3.8) is 0 Å². The summed E-state index contributed by atoms with van der Waals surface area (Å²) < 4.78 is 11.8. The molecular formula is C6H5NOS. The van der Waals surface area contributed by atoms with Gasteiger partial charge in [-0.1, -0.05) is 0 Å². The Morgan fingerprint density at radius 1 is 1.44 bits per heavy atom. The van der Waals surface area contributed by atoms with Gasteiger partial charge in [0.15, 0.2) is 4.70 Å². The predicted molar refractivity (Wildman–Crippen MR) is 37.0 cm³/mol. The van der Waals surface area contributed by atoms with Crippen molar-refractivity contribution in [1.82, 2.24) is 4.98 Å². The Morgan fingerprint density at radius 3 is 3.11 bits per heavy atom. The molecular weight excluding hydrogens is 134 g/mol. The Labute approximate surface area is 54.9 Å². The molecule has 2 aromatic heterocycles. The van der Waals surface area contributed by atoms with Gasteiger partial charge in [-0.05, 0) is 10.8 Å². The van der Waals surface area contributed by atoms with Crippen molar-refractivity contribution in [2.75, 3.05) is 0 Å². The zero-order valence-corrected chi connectivity index (χ0v) is 5.44. The van der Waals surface area contributed by atoms with Gasteiger partial charge >= 0.3 is 0 Å². The van der Waals surface area contributed by atoms with E-state index in [1.54, 1.807) is 11.6 Å². The molecule has 1 N–H and O–H groups in total. The van der Waals surface area contributed by atoms with Gasteiger partial charge in [0.05, 0.1) is 0 Å². The van der Waals surface area contributed by atoms with Crippen molar-refractivity contribution in [3.8, 4) is 0 Å². The lowest BCUT2D eigenvalue weighted by molar-refractivity contribution is 0.600. The van der Waals surface area contributed by atoms with Crippen LogP contribution in [0.15, 0.2) is 23.7 Å². The average molecular weight is 139 g/mol. The van der Waals surface area contributed by atoms with Crippen molar-refractivity contribution < 1.29 is 4.55 Å². The summed E-state index contributed by atoms with van der Waals surface area (Å²) in [5, 5.41) is 1.68.